The van der Waals surface area contributed by atoms with Gasteiger partial charge in [0.1, 0.15) is 12.3 Å². The summed E-state index contributed by atoms with van der Waals surface area (Å²) in [4.78, 5) is 30.5. The summed E-state index contributed by atoms with van der Waals surface area (Å²) in [7, 11) is 0. The average molecular weight is 361 g/mol. The maximum atomic E-state index is 12.3. The quantitative estimate of drug-likeness (QED) is 0.413. The van der Waals surface area contributed by atoms with E-state index in [1.54, 1.807) is 17.1 Å². The first-order valence-corrected chi connectivity index (χ1v) is 8.23. The van der Waals surface area contributed by atoms with Crippen LogP contribution < -0.4 is 10.9 Å². The Morgan fingerprint density at radius 2 is 2.35 bits per heavy atom. The Balaban J connectivity index is 1.66. The smallest absolute Gasteiger partial charge is 0.280 e. The molecule has 1 saturated heterocycles. The molecule has 5 N–H and O–H groups in total. The van der Waals surface area contributed by atoms with Crippen molar-refractivity contribution in [2.75, 3.05) is 11.9 Å². The second kappa shape index (κ2) is 6.52. The minimum absolute atomic E-state index is 0.175. The van der Waals surface area contributed by atoms with E-state index in [1.165, 1.54) is 6.33 Å². The fourth-order valence-electron chi connectivity index (χ4n) is 3.04. The van der Waals surface area contributed by atoms with Crippen molar-refractivity contribution >= 4 is 17.1 Å². The number of aromatic amines is 2. The Kier molecular flexibility index (Phi) is 4.18. The molecule has 0 bridgehead atoms. The number of hydrogen-bond donors (Lipinski definition) is 5. The molecule has 0 amide bonds. The Labute approximate surface area is 147 Å². The fourth-order valence-corrected chi connectivity index (χ4v) is 3.04. The highest BCUT2D eigenvalue weighted by molar-refractivity contribution is 5.71. The lowest BCUT2D eigenvalue weighted by Crippen LogP contribution is -2.24. The zero-order valence-electron chi connectivity index (χ0n) is 14.0. The van der Waals surface area contributed by atoms with Gasteiger partial charge in [-0.2, -0.15) is 4.98 Å². The number of aromatic nitrogens is 6. The van der Waals surface area contributed by atoms with Gasteiger partial charge in [0.15, 0.2) is 11.2 Å². The van der Waals surface area contributed by atoms with E-state index in [2.05, 4.69) is 30.2 Å². The van der Waals surface area contributed by atoms with Crippen LogP contribution in [0.1, 0.15) is 31.3 Å². The highest BCUT2D eigenvalue weighted by atomic mass is 16.5. The van der Waals surface area contributed by atoms with E-state index >= 15 is 0 Å². The third-order valence-corrected chi connectivity index (χ3v) is 4.44. The summed E-state index contributed by atoms with van der Waals surface area (Å²) < 4.78 is 7.22. The van der Waals surface area contributed by atoms with Crippen molar-refractivity contribution < 1.29 is 14.9 Å². The summed E-state index contributed by atoms with van der Waals surface area (Å²) in [5.74, 6) is 0.275. The van der Waals surface area contributed by atoms with Gasteiger partial charge in [0.2, 0.25) is 5.95 Å². The number of anilines is 1. The van der Waals surface area contributed by atoms with Gasteiger partial charge in [-0.15, -0.1) is 0 Å². The second-order valence-corrected chi connectivity index (χ2v) is 6.21. The molecule has 0 aliphatic carbocycles. The molecule has 0 spiro atoms. The van der Waals surface area contributed by atoms with Crippen LogP contribution in [-0.4, -0.2) is 58.5 Å². The van der Waals surface area contributed by atoms with Crippen molar-refractivity contribution in [3.05, 3.63) is 34.9 Å². The normalized spacial score (nSPS) is 24.2. The van der Waals surface area contributed by atoms with Crippen molar-refractivity contribution in [3.63, 3.8) is 0 Å². The van der Waals surface area contributed by atoms with Gasteiger partial charge in [-0.25, -0.2) is 9.97 Å². The van der Waals surface area contributed by atoms with Crippen LogP contribution in [0.5, 0.6) is 0 Å². The molecule has 138 valence electrons. The number of imidazole rings is 2. The van der Waals surface area contributed by atoms with Crippen molar-refractivity contribution in [2.24, 2.45) is 0 Å². The molecule has 11 heteroatoms. The first-order valence-electron chi connectivity index (χ1n) is 8.23. The fraction of sp³-hybridized carbons (Fsp3) is 0.467. The monoisotopic (exact) mass is 361 g/mol. The Bertz CT molecular complexity index is 951. The molecule has 4 atom stereocenters. The molecular formula is C15H19N7O4. The first-order chi connectivity index (χ1) is 12.6. The van der Waals surface area contributed by atoms with E-state index in [1.807, 2.05) is 6.92 Å². The van der Waals surface area contributed by atoms with Crippen LogP contribution in [0.2, 0.25) is 0 Å². The van der Waals surface area contributed by atoms with E-state index in [0.29, 0.717) is 5.65 Å². The summed E-state index contributed by atoms with van der Waals surface area (Å²) >= 11 is 0. The summed E-state index contributed by atoms with van der Waals surface area (Å²) in [6, 6.07) is -0.179. The number of fused-ring (bicyclic) bond motifs is 1. The number of nitrogens with zero attached hydrogens (tertiary/aromatic N) is 4. The minimum atomic E-state index is -0.790. The Hall–Kier alpha value is -2.76. The van der Waals surface area contributed by atoms with Crippen LogP contribution in [-0.2, 0) is 4.74 Å². The van der Waals surface area contributed by atoms with Gasteiger partial charge >= 0.3 is 0 Å². The first kappa shape index (κ1) is 16.7. The molecule has 1 fully saturated rings. The molecule has 3 aromatic rings. The maximum Gasteiger partial charge on any atom is 0.280 e. The van der Waals surface area contributed by atoms with E-state index in [4.69, 9.17) is 4.74 Å². The number of aliphatic hydroxyl groups is 2. The van der Waals surface area contributed by atoms with Gasteiger partial charge in [0.25, 0.3) is 5.56 Å². The SMILES string of the molecule is CC(Nc1nc2c(ncn2[C@H]2C[C@H](O)[C@@H](CO)O2)c(=O)[nH]1)c1c[nH]cn1. The predicted octanol–water partition coefficient (Wildman–Crippen LogP) is -0.343. The van der Waals surface area contributed by atoms with Gasteiger partial charge in [0, 0.05) is 12.6 Å². The number of hydrogen-bond acceptors (Lipinski definition) is 8. The number of nitrogens with one attached hydrogen (secondary N) is 3. The predicted molar refractivity (Wildman–Crippen MR) is 90.4 cm³/mol. The highest BCUT2D eigenvalue weighted by Crippen LogP contribution is 2.30. The number of ether oxygens (including phenoxy) is 1. The minimum Gasteiger partial charge on any atom is -0.394 e. The molecule has 3 aromatic heterocycles. The summed E-state index contributed by atoms with van der Waals surface area (Å²) in [6.45, 7) is 1.60. The molecule has 1 aliphatic rings. The van der Waals surface area contributed by atoms with Crippen molar-refractivity contribution in [1.82, 2.24) is 29.5 Å². The number of H-pyrrole nitrogens is 2. The summed E-state index contributed by atoms with van der Waals surface area (Å²) in [6.07, 6.45) is 3.03. The van der Waals surface area contributed by atoms with Crippen LogP contribution in [0.25, 0.3) is 11.2 Å². The van der Waals surface area contributed by atoms with E-state index in [-0.39, 0.29) is 36.1 Å². The lowest BCUT2D eigenvalue weighted by molar-refractivity contribution is -0.0432. The summed E-state index contributed by atoms with van der Waals surface area (Å²) in [5, 5.41) is 22.3. The highest BCUT2D eigenvalue weighted by Gasteiger charge is 2.35. The van der Waals surface area contributed by atoms with Crippen LogP contribution in [0.4, 0.5) is 5.95 Å². The van der Waals surface area contributed by atoms with Crippen molar-refractivity contribution in [3.8, 4) is 0 Å². The molecule has 0 saturated carbocycles. The summed E-state index contributed by atoms with van der Waals surface area (Å²) in [5.41, 5.74) is 0.895. The lowest BCUT2D eigenvalue weighted by Gasteiger charge is -2.15. The largest absolute Gasteiger partial charge is 0.394 e. The molecule has 1 unspecified atom stereocenters. The number of aliphatic hydroxyl groups excluding tert-OH is 2. The van der Waals surface area contributed by atoms with Crippen molar-refractivity contribution in [1.29, 1.82) is 0 Å². The molecule has 1 aliphatic heterocycles. The van der Waals surface area contributed by atoms with Crippen LogP contribution in [0, 0.1) is 0 Å². The standard InChI is InChI=1S/C15H19N7O4/c1-7(8-3-16-5-17-8)19-15-20-13-12(14(25)21-15)18-6-22(13)11-2-9(24)10(4-23)26-11/h3,5-7,9-11,23-24H,2,4H2,1H3,(H,16,17)(H2,19,20,21,25)/t7?,9-,10+,11+/m0/s1. The van der Waals surface area contributed by atoms with Gasteiger partial charge in [0.05, 0.1) is 37.1 Å². The van der Waals surface area contributed by atoms with E-state index in [0.717, 1.165) is 5.69 Å². The molecular weight excluding hydrogens is 342 g/mol. The van der Waals surface area contributed by atoms with Crippen LogP contribution in [0.3, 0.4) is 0 Å². The van der Waals surface area contributed by atoms with Gasteiger partial charge in [-0.1, -0.05) is 0 Å². The molecule has 26 heavy (non-hydrogen) atoms. The zero-order valence-corrected chi connectivity index (χ0v) is 14.0. The second-order valence-electron chi connectivity index (χ2n) is 6.21. The van der Waals surface area contributed by atoms with Gasteiger partial charge in [-0.05, 0) is 6.92 Å². The maximum absolute atomic E-state index is 12.3. The van der Waals surface area contributed by atoms with Gasteiger partial charge in [-0.3, -0.25) is 14.3 Å². The molecule has 4 heterocycles. The number of rotatable bonds is 5. The molecule has 4 rings (SSSR count). The van der Waals surface area contributed by atoms with Crippen molar-refractivity contribution in [2.45, 2.75) is 37.8 Å². The van der Waals surface area contributed by atoms with E-state index in [9.17, 15) is 15.0 Å². The zero-order chi connectivity index (χ0) is 18.3. The molecule has 0 aromatic carbocycles. The Morgan fingerprint density at radius 1 is 1.50 bits per heavy atom. The lowest BCUT2D eigenvalue weighted by atomic mass is 10.2. The third-order valence-electron chi connectivity index (χ3n) is 4.44. The average Bonchev–Trinajstić information content (AvgIpc) is 3.33. The topological polar surface area (TPSA) is 154 Å². The van der Waals surface area contributed by atoms with Crippen LogP contribution >= 0.6 is 0 Å². The van der Waals surface area contributed by atoms with Gasteiger partial charge < -0.3 is 25.3 Å². The molecule has 11 nitrogen and oxygen atoms in total. The third kappa shape index (κ3) is 2.85. The Morgan fingerprint density at radius 3 is 3.04 bits per heavy atom. The van der Waals surface area contributed by atoms with Crippen LogP contribution in [0.15, 0.2) is 23.6 Å². The van der Waals surface area contributed by atoms with E-state index < -0.39 is 18.4 Å². The molecule has 0 radical (unpaired) electrons.